The first-order valence-corrected chi connectivity index (χ1v) is 8.33. The van der Waals surface area contributed by atoms with E-state index in [4.69, 9.17) is 12.2 Å². The molecule has 0 saturated heterocycles. The fourth-order valence-corrected chi connectivity index (χ4v) is 2.96. The molecular weight excluding hydrogens is 348 g/mol. The lowest BCUT2D eigenvalue weighted by Gasteiger charge is -2.10. The van der Waals surface area contributed by atoms with Crippen molar-refractivity contribution >= 4 is 29.0 Å². The molecule has 2 N–H and O–H groups in total. The standard InChI is InChI=1S/C19H14N4O2S/c24-17(13-7-9-14(10-8-13)22-11-3-4-12-22)21-23-18(25)15-5-1-2-6-16(15)20-19(23)26/h1-12H,(H,20,26)(H,21,24). The van der Waals surface area contributed by atoms with Crippen molar-refractivity contribution < 1.29 is 4.79 Å². The first kappa shape index (κ1) is 16.0. The van der Waals surface area contributed by atoms with Crippen LogP contribution in [0.25, 0.3) is 16.6 Å². The average molecular weight is 362 g/mol. The molecule has 0 bridgehead atoms. The minimum Gasteiger partial charge on any atom is -0.330 e. The second-order valence-electron chi connectivity index (χ2n) is 5.69. The summed E-state index contributed by atoms with van der Waals surface area (Å²) in [5, 5.41) is 0.448. The second-order valence-corrected chi connectivity index (χ2v) is 6.08. The number of hydrogen-bond acceptors (Lipinski definition) is 3. The van der Waals surface area contributed by atoms with Crippen LogP contribution in [-0.2, 0) is 0 Å². The zero-order valence-corrected chi connectivity index (χ0v) is 14.4. The Kier molecular flexibility index (Phi) is 3.98. The van der Waals surface area contributed by atoms with Crippen molar-refractivity contribution in [2.45, 2.75) is 0 Å². The fourth-order valence-electron chi connectivity index (χ4n) is 2.72. The third-order valence-corrected chi connectivity index (χ3v) is 4.34. The Hall–Kier alpha value is -3.45. The van der Waals surface area contributed by atoms with E-state index in [-0.39, 0.29) is 10.3 Å². The number of para-hydroxylation sites is 1. The smallest absolute Gasteiger partial charge is 0.281 e. The highest BCUT2D eigenvalue weighted by atomic mass is 32.1. The van der Waals surface area contributed by atoms with Crippen molar-refractivity contribution in [2.75, 3.05) is 5.43 Å². The summed E-state index contributed by atoms with van der Waals surface area (Å²) < 4.78 is 3.12. The van der Waals surface area contributed by atoms with Crippen LogP contribution in [0.15, 0.2) is 77.9 Å². The number of aromatic nitrogens is 3. The van der Waals surface area contributed by atoms with E-state index in [0.29, 0.717) is 16.5 Å². The second kappa shape index (κ2) is 6.45. The molecule has 0 aliphatic rings. The summed E-state index contributed by atoms with van der Waals surface area (Å²) in [5.74, 6) is -0.416. The summed E-state index contributed by atoms with van der Waals surface area (Å²) in [6.45, 7) is 0. The van der Waals surface area contributed by atoms with E-state index in [9.17, 15) is 9.59 Å². The van der Waals surface area contributed by atoms with E-state index in [2.05, 4.69) is 10.4 Å². The summed E-state index contributed by atoms with van der Waals surface area (Å²) in [6.07, 6.45) is 3.84. The van der Waals surface area contributed by atoms with E-state index in [1.807, 2.05) is 47.3 Å². The summed E-state index contributed by atoms with van der Waals surface area (Å²) in [5.41, 5.74) is 4.18. The molecule has 6 nitrogen and oxygen atoms in total. The largest absolute Gasteiger partial charge is 0.330 e. The van der Waals surface area contributed by atoms with Crippen molar-refractivity contribution in [1.82, 2.24) is 14.2 Å². The number of H-pyrrole nitrogens is 1. The van der Waals surface area contributed by atoms with Crippen LogP contribution in [0.1, 0.15) is 10.4 Å². The van der Waals surface area contributed by atoms with Gasteiger partial charge in [-0.25, -0.2) is 0 Å². The number of amides is 1. The van der Waals surface area contributed by atoms with Gasteiger partial charge in [-0.1, -0.05) is 12.1 Å². The van der Waals surface area contributed by atoms with Gasteiger partial charge in [0.15, 0.2) is 4.77 Å². The molecule has 0 aliphatic carbocycles. The molecule has 0 fully saturated rings. The Labute approximate surface area is 153 Å². The van der Waals surface area contributed by atoms with Gasteiger partial charge in [-0.05, 0) is 60.7 Å². The molecule has 2 heterocycles. The Morgan fingerprint density at radius 1 is 0.962 bits per heavy atom. The van der Waals surface area contributed by atoms with Gasteiger partial charge in [0.25, 0.3) is 11.5 Å². The zero-order chi connectivity index (χ0) is 18.1. The molecular formula is C19H14N4O2S. The quantitative estimate of drug-likeness (QED) is 0.550. The summed E-state index contributed by atoms with van der Waals surface area (Å²) in [6, 6.07) is 17.9. The Morgan fingerprint density at radius 2 is 1.65 bits per heavy atom. The zero-order valence-electron chi connectivity index (χ0n) is 13.5. The third kappa shape index (κ3) is 2.84. The summed E-state index contributed by atoms with van der Waals surface area (Å²) in [7, 11) is 0. The molecule has 128 valence electrons. The maximum atomic E-state index is 12.6. The van der Waals surface area contributed by atoms with Crippen LogP contribution in [0.5, 0.6) is 0 Å². The number of carbonyl (C=O) groups is 1. The third-order valence-electron chi connectivity index (χ3n) is 4.05. The molecule has 4 rings (SSSR count). The number of carbonyl (C=O) groups excluding carboxylic acids is 1. The maximum Gasteiger partial charge on any atom is 0.281 e. The van der Waals surface area contributed by atoms with Crippen LogP contribution < -0.4 is 11.0 Å². The Balaban J connectivity index is 1.65. The number of fused-ring (bicyclic) bond motifs is 1. The highest BCUT2D eigenvalue weighted by Crippen LogP contribution is 2.10. The van der Waals surface area contributed by atoms with E-state index in [1.54, 1.807) is 30.3 Å². The number of aromatic amines is 1. The molecule has 0 radical (unpaired) electrons. The predicted molar refractivity (Wildman–Crippen MR) is 103 cm³/mol. The van der Waals surface area contributed by atoms with Crippen LogP contribution in [0.3, 0.4) is 0 Å². The van der Waals surface area contributed by atoms with Crippen LogP contribution in [-0.4, -0.2) is 20.1 Å². The van der Waals surface area contributed by atoms with Crippen LogP contribution in [0.2, 0.25) is 0 Å². The van der Waals surface area contributed by atoms with Crippen molar-refractivity contribution in [1.29, 1.82) is 0 Å². The lowest BCUT2D eigenvalue weighted by molar-refractivity contribution is 0.101. The Morgan fingerprint density at radius 3 is 2.38 bits per heavy atom. The molecule has 0 atom stereocenters. The SMILES string of the molecule is O=C(Nn1c(=S)[nH]c2ccccc2c1=O)c1ccc(-n2cccc2)cc1. The molecule has 7 heteroatoms. The van der Waals surface area contributed by atoms with Gasteiger partial charge < -0.3 is 9.55 Å². The van der Waals surface area contributed by atoms with Gasteiger partial charge >= 0.3 is 0 Å². The van der Waals surface area contributed by atoms with Crippen molar-refractivity contribution in [3.05, 3.63) is 93.7 Å². The summed E-state index contributed by atoms with van der Waals surface area (Å²) >= 11 is 5.20. The minimum atomic E-state index is -0.416. The molecule has 0 unspecified atom stereocenters. The average Bonchev–Trinajstić information content (AvgIpc) is 3.20. The van der Waals surface area contributed by atoms with Gasteiger partial charge in [-0.2, -0.15) is 4.68 Å². The van der Waals surface area contributed by atoms with E-state index < -0.39 is 5.91 Å². The molecule has 0 aliphatic heterocycles. The van der Waals surface area contributed by atoms with Crippen LogP contribution in [0, 0.1) is 4.77 Å². The van der Waals surface area contributed by atoms with E-state index in [1.165, 1.54) is 0 Å². The first-order chi connectivity index (χ1) is 12.6. The van der Waals surface area contributed by atoms with Gasteiger partial charge in [0, 0.05) is 23.6 Å². The highest BCUT2D eigenvalue weighted by molar-refractivity contribution is 7.71. The number of hydrogen-bond donors (Lipinski definition) is 2. The van der Waals surface area contributed by atoms with Gasteiger partial charge in [0.05, 0.1) is 10.9 Å². The number of nitrogens with zero attached hydrogens (tertiary/aromatic N) is 2. The monoisotopic (exact) mass is 362 g/mol. The predicted octanol–water partition coefficient (Wildman–Crippen LogP) is 3.23. The van der Waals surface area contributed by atoms with Crippen LogP contribution in [0.4, 0.5) is 0 Å². The Bertz CT molecular complexity index is 1210. The number of nitrogens with one attached hydrogen (secondary N) is 2. The van der Waals surface area contributed by atoms with E-state index >= 15 is 0 Å². The fraction of sp³-hybridized carbons (Fsp3) is 0. The topological polar surface area (TPSA) is 71.8 Å². The first-order valence-electron chi connectivity index (χ1n) is 7.92. The molecule has 2 aromatic heterocycles. The number of benzene rings is 2. The minimum absolute atomic E-state index is 0.131. The van der Waals surface area contributed by atoms with E-state index in [0.717, 1.165) is 10.4 Å². The number of rotatable bonds is 3. The van der Waals surface area contributed by atoms with Crippen molar-refractivity contribution in [3.8, 4) is 5.69 Å². The molecule has 0 spiro atoms. The van der Waals surface area contributed by atoms with Crippen molar-refractivity contribution in [3.63, 3.8) is 0 Å². The summed E-state index contributed by atoms with van der Waals surface area (Å²) in [4.78, 5) is 28.0. The molecule has 4 aromatic rings. The highest BCUT2D eigenvalue weighted by Gasteiger charge is 2.10. The van der Waals surface area contributed by atoms with Gasteiger partial charge in [0.2, 0.25) is 0 Å². The lowest BCUT2D eigenvalue weighted by atomic mass is 10.2. The molecule has 1 amide bonds. The van der Waals surface area contributed by atoms with Gasteiger partial charge in [-0.15, -0.1) is 0 Å². The lowest BCUT2D eigenvalue weighted by Crippen LogP contribution is -2.34. The molecule has 0 saturated carbocycles. The molecule has 2 aromatic carbocycles. The van der Waals surface area contributed by atoms with Crippen molar-refractivity contribution in [2.24, 2.45) is 0 Å². The van der Waals surface area contributed by atoms with Gasteiger partial charge in [0.1, 0.15) is 0 Å². The maximum absolute atomic E-state index is 12.6. The normalized spacial score (nSPS) is 10.8. The molecule has 26 heavy (non-hydrogen) atoms. The van der Waals surface area contributed by atoms with Gasteiger partial charge in [-0.3, -0.25) is 15.0 Å². The van der Waals surface area contributed by atoms with Crippen LogP contribution >= 0.6 is 12.2 Å².